The molecule has 1 amide bonds. The highest BCUT2D eigenvalue weighted by molar-refractivity contribution is 5.81. The minimum Gasteiger partial charge on any atom is -0.374 e. The monoisotopic (exact) mass is 314 g/mol. The van der Waals surface area contributed by atoms with Crippen LogP contribution in [-0.4, -0.2) is 42.6 Å². The summed E-state index contributed by atoms with van der Waals surface area (Å²) in [5.41, 5.74) is 2.51. The number of benzene rings is 1. The smallest absolute Gasteiger partial charge is 0.229 e. The van der Waals surface area contributed by atoms with Gasteiger partial charge in [-0.2, -0.15) is 0 Å². The van der Waals surface area contributed by atoms with Crippen LogP contribution in [0.3, 0.4) is 0 Å². The Morgan fingerprint density at radius 3 is 2.83 bits per heavy atom. The molecule has 2 bridgehead atoms. The molecule has 1 aromatic carbocycles. The van der Waals surface area contributed by atoms with E-state index in [2.05, 4.69) is 48.0 Å². The van der Waals surface area contributed by atoms with Crippen LogP contribution in [0, 0.1) is 5.92 Å². The van der Waals surface area contributed by atoms with Gasteiger partial charge >= 0.3 is 0 Å². The lowest BCUT2D eigenvalue weighted by atomic mass is 9.87. The van der Waals surface area contributed by atoms with Gasteiger partial charge in [-0.15, -0.1) is 0 Å². The molecule has 23 heavy (non-hydrogen) atoms. The first kappa shape index (κ1) is 15.0. The molecule has 0 unspecified atom stereocenters. The van der Waals surface area contributed by atoms with Gasteiger partial charge in [0.1, 0.15) is 0 Å². The molecule has 2 saturated heterocycles. The van der Waals surface area contributed by atoms with Crippen molar-refractivity contribution in [1.29, 1.82) is 0 Å². The molecule has 0 spiro atoms. The van der Waals surface area contributed by atoms with E-state index >= 15 is 0 Å². The van der Waals surface area contributed by atoms with E-state index in [0.717, 1.165) is 38.8 Å². The summed E-state index contributed by atoms with van der Waals surface area (Å²) in [7, 11) is 2.14. The van der Waals surface area contributed by atoms with Gasteiger partial charge in [-0.05, 0) is 37.3 Å². The summed E-state index contributed by atoms with van der Waals surface area (Å²) < 4.78 is 5.93. The van der Waals surface area contributed by atoms with Gasteiger partial charge in [0.25, 0.3) is 0 Å². The third-order valence-electron chi connectivity index (χ3n) is 5.85. The fraction of sp³-hybridized carbons (Fsp3) is 0.632. The highest BCUT2D eigenvalue weighted by Crippen LogP contribution is 2.40. The minimum atomic E-state index is 0.0818. The number of likely N-dealkylation sites (N-methyl/N-ethyl adjacent to an activating group) is 1. The molecule has 0 radical (unpaired) electrons. The Morgan fingerprint density at radius 1 is 1.30 bits per heavy atom. The van der Waals surface area contributed by atoms with Crippen LogP contribution in [0.1, 0.15) is 38.2 Å². The SMILES string of the molecule is CC[C@H]1CN(C)c2ccccc2CN1C(=O)[C@@H]1C[C@H]2CC[C@H]1O2. The Morgan fingerprint density at radius 2 is 2.13 bits per heavy atom. The van der Waals surface area contributed by atoms with E-state index < -0.39 is 0 Å². The molecule has 0 N–H and O–H groups in total. The average Bonchev–Trinajstić information content (AvgIpc) is 3.17. The van der Waals surface area contributed by atoms with Crippen molar-refractivity contribution >= 4 is 11.6 Å². The quantitative estimate of drug-likeness (QED) is 0.841. The molecule has 0 aromatic heterocycles. The molecule has 4 atom stereocenters. The maximum Gasteiger partial charge on any atom is 0.229 e. The summed E-state index contributed by atoms with van der Waals surface area (Å²) in [5, 5.41) is 0. The van der Waals surface area contributed by atoms with E-state index in [9.17, 15) is 4.79 Å². The number of fused-ring (bicyclic) bond motifs is 3. The van der Waals surface area contributed by atoms with Crippen molar-refractivity contribution in [3.05, 3.63) is 29.8 Å². The molecule has 3 aliphatic heterocycles. The van der Waals surface area contributed by atoms with Crippen molar-refractivity contribution in [2.24, 2.45) is 5.92 Å². The lowest BCUT2D eigenvalue weighted by Gasteiger charge is -2.34. The first-order valence-electron chi connectivity index (χ1n) is 8.92. The summed E-state index contributed by atoms with van der Waals surface area (Å²) in [6, 6.07) is 8.75. The summed E-state index contributed by atoms with van der Waals surface area (Å²) in [4.78, 5) is 17.7. The Hall–Kier alpha value is -1.55. The van der Waals surface area contributed by atoms with Gasteiger partial charge in [0.15, 0.2) is 0 Å². The minimum absolute atomic E-state index is 0.0818. The van der Waals surface area contributed by atoms with E-state index in [1.807, 2.05) is 0 Å². The van der Waals surface area contributed by atoms with Crippen LogP contribution in [-0.2, 0) is 16.1 Å². The third kappa shape index (κ3) is 2.53. The van der Waals surface area contributed by atoms with Crippen LogP contribution >= 0.6 is 0 Å². The van der Waals surface area contributed by atoms with Crippen molar-refractivity contribution in [2.45, 2.75) is 57.4 Å². The Bertz CT molecular complexity index is 603. The Balaban J connectivity index is 1.62. The molecule has 124 valence electrons. The van der Waals surface area contributed by atoms with E-state index in [0.29, 0.717) is 12.0 Å². The standard InChI is InChI=1S/C19H26N2O2/c1-3-14-12-20(2)17-7-5-4-6-13(17)11-21(14)19(22)16-10-15-8-9-18(16)23-15/h4-7,14-16,18H,3,8-12H2,1-2H3/t14-,15+,16+,18+/m0/s1. The fourth-order valence-electron chi connectivity index (χ4n) is 4.56. The molecule has 0 saturated carbocycles. The zero-order chi connectivity index (χ0) is 16.0. The number of hydrogen-bond donors (Lipinski definition) is 0. The molecule has 2 fully saturated rings. The molecular weight excluding hydrogens is 288 g/mol. The molecule has 4 nitrogen and oxygen atoms in total. The van der Waals surface area contributed by atoms with Crippen LogP contribution in [0.4, 0.5) is 5.69 Å². The van der Waals surface area contributed by atoms with Crippen molar-refractivity contribution in [2.75, 3.05) is 18.5 Å². The second-order valence-electron chi connectivity index (χ2n) is 7.25. The van der Waals surface area contributed by atoms with Gasteiger partial charge in [-0.25, -0.2) is 0 Å². The average molecular weight is 314 g/mol. The van der Waals surface area contributed by atoms with Crippen LogP contribution < -0.4 is 4.90 Å². The number of ether oxygens (including phenoxy) is 1. The molecule has 3 heterocycles. The summed E-state index contributed by atoms with van der Waals surface area (Å²) in [5.74, 6) is 0.396. The molecule has 4 rings (SSSR count). The predicted octanol–water partition coefficient (Wildman–Crippen LogP) is 2.81. The first-order chi connectivity index (χ1) is 11.2. The molecule has 0 aliphatic carbocycles. The van der Waals surface area contributed by atoms with E-state index in [1.54, 1.807) is 0 Å². The van der Waals surface area contributed by atoms with Gasteiger partial charge in [0, 0.05) is 31.9 Å². The second kappa shape index (κ2) is 5.82. The highest BCUT2D eigenvalue weighted by Gasteiger charge is 2.46. The normalized spacial score (nSPS) is 32.8. The third-order valence-corrected chi connectivity index (χ3v) is 5.85. The number of carbonyl (C=O) groups excluding carboxylic acids is 1. The summed E-state index contributed by atoms with van der Waals surface area (Å²) in [6.45, 7) is 3.82. The summed E-state index contributed by atoms with van der Waals surface area (Å²) in [6.07, 6.45) is 4.61. The van der Waals surface area contributed by atoms with E-state index in [1.165, 1.54) is 11.3 Å². The van der Waals surface area contributed by atoms with Crippen LogP contribution in [0.15, 0.2) is 24.3 Å². The number of rotatable bonds is 2. The lowest BCUT2D eigenvalue weighted by Crippen LogP contribution is -2.47. The van der Waals surface area contributed by atoms with Crippen molar-refractivity contribution < 1.29 is 9.53 Å². The summed E-state index contributed by atoms with van der Waals surface area (Å²) >= 11 is 0. The van der Waals surface area contributed by atoms with Gasteiger partial charge in [0.05, 0.1) is 18.1 Å². The van der Waals surface area contributed by atoms with Crippen LogP contribution in [0.5, 0.6) is 0 Å². The topological polar surface area (TPSA) is 32.8 Å². The van der Waals surface area contributed by atoms with Crippen molar-refractivity contribution in [3.63, 3.8) is 0 Å². The van der Waals surface area contributed by atoms with Gasteiger partial charge < -0.3 is 14.5 Å². The maximum absolute atomic E-state index is 13.3. The number of anilines is 1. The number of para-hydroxylation sites is 1. The number of amides is 1. The molecule has 4 heteroatoms. The number of nitrogens with zero attached hydrogens (tertiary/aromatic N) is 2. The Kier molecular flexibility index (Phi) is 3.80. The largest absolute Gasteiger partial charge is 0.374 e. The molecular formula is C19H26N2O2. The number of carbonyl (C=O) groups is 1. The predicted molar refractivity (Wildman–Crippen MR) is 90.3 cm³/mol. The maximum atomic E-state index is 13.3. The zero-order valence-electron chi connectivity index (χ0n) is 14.1. The van der Waals surface area contributed by atoms with Gasteiger partial charge in [0.2, 0.25) is 5.91 Å². The molecule has 1 aromatic rings. The van der Waals surface area contributed by atoms with E-state index in [4.69, 9.17) is 4.74 Å². The van der Waals surface area contributed by atoms with Crippen LogP contribution in [0.2, 0.25) is 0 Å². The highest BCUT2D eigenvalue weighted by atomic mass is 16.5. The van der Waals surface area contributed by atoms with Crippen molar-refractivity contribution in [1.82, 2.24) is 4.90 Å². The van der Waals surface area contributed by atoms with Gasteiger partial charge in [-0.3, -0.25) is 4.79 Å². The number of hydrogen-bond acceptors (Lipinski definition) is 3. The Labute approximate surface area is 138 Å². The first-order valence-corrected chi connectivity index (χ1v) is 8.92. The lowest BCUT2D eigenvalue weighted by molar-refractivity contribution is -0.140. The second-order valence-corrected chi connectivity index (χ2v) is 7.25. The van der Waals surface area contributed by atoms with Crippen molar-refractivity contribution in [3.8, 4) is 0 Å². The molecule has 3 aliphatic rings. The van der Waals surface area contributed by atoms with Gasteiger partial charge in [-0.1, -0.05) is 25.1 Å². The fourth-order valence-corrected chi connectivity index (χ4v) is 4.56. The van der Waals surface area contributed by atoms with Crippen LogP contribution in [0.25, 0.3) is 0 Å². The zero-order valence-corrected chi connectivity index (χ0v) is 14.1. The van der Waals surface area contributed by atoms with E-state index in [-0.39, 0.29) is 18.1 Å².